The monoisotopic (exact) mass is 515 g/mol. The van der Waals surface area contributed by atoms with Crippen LogP contribution in [0.3, 0.4) is 0 Å². The zero-order valence-electron chi connectivity index (χ0n) is 20.3. The van der Waals surface area contributed by atoms with Crippen molar-refractivity contribution in [3.05, 3.63) is 76.4 Å². The van der Waals surface area contributed by atoms with Crippen molar-refractivity contribution in [1.82, 2.24) is 9.97 Å². The summed E-state index contributed by atoms with van der Waals surface area (Å²) < 4.78 is 10.6. The van der Waals surface area contributed by atoms with Gasteiger partial charge in [-0.25, -0.2) is 14.6 Å². The second kappa shape index (κ2) is 10.9. The summed E-state index contributed by atoms with van der Waals surface area (Å²) in [5, 5.41) is 3.84. The summed E-state index contributed by atoms with van der Waals surface area (Å²) in [4.78, 5) is 48.3. The van der Waals surface area contributed by atoms with E-state index in [1.54, 1.807) is 43.6 Å². The van der Waals surface area contributed by atoms with Gasteiger partial charge in [0.05, 0.1) is 28.9 Å². The fraction of sp³-hybridized carbons (Fsp3) is 0.250. The molecule has 188 valence electrons. The van der Waals surface area contributed by atoms with Crippen molar-refractivity contribution in [2.45, 2.75) is 32.6 Å². The summed E-state index contributed by atoms with van der Waals surface area (Å²) >= 11 is 1.39. The molecule has 4 aromatic rings. The van der Waals surface area contributed by atoms with Crippen molar-refractivity contribution in [3.8, 4) is 11.3 Å². The van der Waals surface area contributed by atoms with E-state index >= 15 is 0 Å². The Balaban J connectivity index is 1.35. The number of para-hydroxylation sites is 1. The molecule has 5 rings (SSSR count). The molecule has 0 spiro atoms. The molecular formula is C28H25N3O5S. The van der Waals surface area contributed by atoms with Gasteiger partial charge in [-0.05, 0) is 62.4 Å². The Morgan fingerprint density at radius 1 is 1.00 bits per heavy atom. The number of nitrogens with zero attached hydrogens (tertiary/aromatic N) is 2. The number of benzene rings is 1. The number of aryl methyl sites for hydroxylation is 1. The molecule has 8 nitrogen and oxygen atoms in total. The minimum absolute atomic E-state index is 0.246. The second-order valence-electron chi connectivity index (χ2n) is 8.57. The van der Waals surface area contributed by atoms with Gasteiger partial charge in [0, 0.05) is 28.2 Å². The predicted molar refractivity (Wildman–Crippen MR) is 141 cm³/mol. The molecule has 0 aliphatic heterocycles. The van der Waals surface area contributed by atoms with E-state index in [0.717, 1.165) is 41.7 Å². The largest absolute Gasteiger partial charge is 0.462 e. The maximum Gasteiger partial charge on any atom is 0.341 e. The SMILES string of the molecule is CCOC(=O)c1c(NC(=O)COC(=O)c2cc(-c3ccncc3)nc3ccccc23)sc2c1CCCC2. The normalized spacial score (nSPS) is 12.6. The second-order valence-corrected chi connectivity index (χ2v) is 9.67. The maximum absolute atomic E-state index is 13.1. The Labute approximate surface area is 217 Å². The Morgan fingerprint density at radius 2 is 1.78 bits per heavy atom. The topological polar surface area (TPSA) is 107 Å². The fourth-order valence-electron chi connectivity index (χ4n) is 4.46. The first-order valence-electron chi connectivity index (χ1n) is 12.1. The van der Waals surface area contributed by atoms with Crippen LogP contribution in [0.25, 0.3) is 22.2 Å². The predicted octanol–water partition coefficient (Wildman–Crippen LogP) is 5.21. The van der Waals surface area contributed by atoms with Crippen molar-refractivity contribution < 1.29 is 23.9 Å². The fourth-order valence-corrected chi connectivity index (χ4v) is 5.75. The minimum Gasteiger partial charge on any atom is -0.462 e. The number of hydrogen-bond donors (Lipinski definition) is 1. The van der Waals surface area contributed by atoms with Gasteiger partial charge in [0.1, 0.15) is 5.00 Å². The number of nitrogens with one attached hydrogen (secondary N) is 1. The van der Waals surface area contributed by atoms with E-state index in [2.05, 4.69) is 15.3 Å². The van der Waals surface area contributed by atoms with Crippen LogP contribution in [0.4, 0.5) is 5.00 Å². The number of pyridine rings is 2. The van der Waals surface area contributed by atoms with Crippen LogP contribution in [0, 0.1) is 0 Å². The zero-order chi connectivity index (χ0) is 25.8. The number of esters is 2. The van der Waals surface area contributed by atoms with E-state index in [-0.39, 0.29) is 6.61 Å². The van der Waals surface area contributed by atoms with Crippen LogP contribution in [0.2, 0.25) is 0 Å². The first kappa shape index (κ1) is 24.6. The molecule has 0 unspecified atom stereocenters. The van der Waals surface area contributed by atoms with Crippen LogP contribution in [-0.4, -0.2) is 41.0 Å². The lowest BCUT2D eigenvalue weighted by Gasteiger charge is -2.12. The van der Waals surface area contributed by atoms with Crippen LogP contribution in [0.1, 0.15) is 50.9 Å². The standard InChI is InChI=1S/C28H25N3O5S/c1-2-35-28(34)25-19-8-4-6-10-23(19)37-26(25)31-24(32)16-36-27(33)20-15-22(17-11-13-29-14-12-17)30-21-9-5-3-7-18(20)21/h3,5,7,9,11-15H,2,4,6,8,10,16H2,1H3,(H,31,32). The van der Waals surface area contributed by atoms with Crippen LogP contribution in [0.5, 0.6) is 0 Å². The molecule has 37 heavy (non-hydrogen) atoms. The Bertz CT molecular complexity index is 1480. The third-order valence-corrected chi connectivity index (χ3v) is 7.36. The number of carbonyl (C=O) groups is 3. The number of rotatable bonds is 7. The van der Waals surface area contributed by atoms with E-state index in [9.17, 15) is 14.4 Å². The van der Waals surface area contributed by atoms with E-state index in [4.69, 9.17) is 9.47 Å². The Hall–Kier alpha value is -4.11. The Morgan fingerprint density at radius 3 is 2.59 bits per heavy atom. The lowest BCUT2D eigenvalue weighted by Crippen LogP contribution is -2.22. The molecular weight excluding hydrogens is 490 g/mol. The van der Waals surface area contributed by atoms with Crippen molar-refractivity contribution in [3.63, 3.8) is 0 Å². The van der Waals surface area contributed by atoms with Gasteiger partial charge in [-0.15, -0.1) is 11.3 Å². The van der Waals surface area contributed by atoms with E-state index in [1.807, 2.05) is 18.2 Å². The molecule has 0 atom stereocenters. The van der Waals surface area contributed by atoms with E-state index in [0.29, 0.717) is 32.7 Å². The van der Waals surface area contributed by atoms with E-state index in [1.165, 1.54) is 11.3 Å². The van der Waals surface area contributed by atoms with Gasteiger partial charge in [0.2, 0.25) is 0 Å². The van der Waals surface area contributed by atoms with Crippen LogP contribution >= 0.6 is 11.3 Å². The molecule has 3 aromatic heterocycles. The molecule has 1 N–H and O–H groups in total. The quantitative estimate of drug-likeness (QED) is 0.337. The highest BCUT2D eigenvalue weighted by Crippen LogP contribution is 2.38. The highest BCUT2D eigenvalue weighted by Gasteiger charge is 2.27. The zero-order valence-corrected chi connectivity index (χ0v) is 21.1. The summed E-state index contributed by atoms with van der Waals surface area (Å²) in [6, 6.07) is 12.5. The lowest BCUT2D eigenvalue weighted by atomic mass is 9.95. The van der Waals surface area contributed by atoms with Crippen molar-refractivity contribution in [2.24, 2.45) is 0 Å². The number of ether oxygens (including phenoxy) is 2. The molecule has 0 saturated heterocycles. The van der Waals surface area contributed by atoms with Gasteiger partial charge in [-0.2, -0.15) is 0 Å². The van der Waals surface area contributed by atoms with Gasteiger partial charge in [-0.1, -0.05) is 18.2 Å². The highest BCUT2D eigenvalue weighted by molar-refractivity contribution is 7.17. The summed E-state index contributed by atoms with van der Waals surface area (Å²) in [5.41, 5.74) is 3.72. The molecule has 9 heteroatoms. The molecule has 1 aromatic carbocycles. The number of aromatic nitrogens is 2. The van der Waals surface area contributed by atoms with Gasteiger partial charge in [-0.3, -0.25) is 9.78 Å². The van der Waals surface area contributed by atoms with Crippen molar-refractivity contribution >= 4 is 45.1 Å². The number of fused-ring (bicyclic) bond motifs is 2. The lowest BCUT2D eigenvalue weighted by molar-refractivity contribution is -0.119. The average Bonchev–Trinajstić information content (AvgIpc) is 3.29. The average molecular weight is 516 g/mol. The van der Waals surface area contributed by atoms with E-state index < -0.39 is 24.5 Å². The third kappa shape index (κ3) is 5.22. The Kier molecular flexibility index (Phi) is 7.23. The molecule has 3 heterocycles. The van der Waals surface area contributed by atoms with Crippen LogP contribution in [-0.2, 0) is 27.1 Å². The molecule has 0 fully saturated rings. The molecule has 0 radical (unpaired) electrons. The number of amides is 1. The summed E-state index contributed by atoms with van der Waals surface area (Å²) in [5.74, 6) is -1.61. The molecule has 1 aliphatic rings. The third-order valence-electron chi connectivity index (χ3n) is 6.15. The van der Waals surface area contributed by atoms with Crippen LogP contribution in [0.15, 0.2) is 54.9 Å². The number of carbonyl (C=O) groups excluding carboxylic acids is 3. The first-order chi connectivity index (χ1) is 18.0. The van der Waals surface area contributed by atoms with Gasteiger partial charge in [0.15, 0.2) is 6.61 Å². The minimum atomic E-state index is -0.639. The number of anilines is 1. The highest BCUT2D eigenvalue weighted by atomic mass is 32.1. The first-order valence-corrected chi connectivity index (χ1v) is 13.0. The van der Waals surface area contributed by atoms with Gasteiger partial charge in [0.25, 0.3) is 5.91 Å². The van der Waals surface area contributed by atoms with Gasteiger partial charge >= 0.3 is 11.9 Å². The summed E-state index contributed by atoms with van der Waals surface area (Å²) in [6.07, 6.45) is 6.99. The van der Waals surface area contributed by atoms with Gasteiger partial charge < -0.3 is 14.8 Å². The van der Waals surface area contributed by atoms with Crippen molar-refractivity contribution in [1.29, 1.82) is 0 Å². The summed E-state index contributed by atoms with van der Waals surface area (Å²) in [6.45, 7) is 1.50. The number of thiophene rings is 1. The molecule has 1 amide bonds. The number of hydrogen-bond acceptors (Lipinski definition) is 8. The molecule has 1 aliphatic carbocycles. The smallest absolute Gasteiger partial charge is 0.341 e. The summed E-state index contributed by atoms with van der Waals surface area (Å²) in [7, 11) is 0. The van der Waals surface area contributed by atoms with Crippen LogP contribution < -0.4 is 5.32 Å². The van der Waals surface area contributed by atoms with Crippen molar-refractivity contribution in [2.75, 3.05) is 18.5 Å². The maximum atomic E-state index is 13.1. The molecule has 0 saturated carbocycles. The molecule has 0 bridgehead atoms.